The lowest BCUT2D eigenvalue weighted by Gasteiger charge is -2.41. The number of benzene rings is 2. The van der Waals surface area contributed by atoms with Crippen molar-refractivity contribution in [3.05, 3.63) is 53.6 Å². The predicted molar refractivity (Wildman–Crippen MR) is 146 cm³/mol. The molecule has 0 radical (unpaired) electrons. The SMILES string of the molecule is OCC1(O)CO[C@H](OCC2O[C@H](O[C@@H]3CCCCc4ccc(O)c(c4)Oc4ccc(cc4)CC3)[C@H](O)C(O)[C@H]2O)C1O. The first-order chi connectivity index (χ1) is 20.2. The molecule has 2 aromatic carbocycles. The lowest BCUT2D eigenvalue weighted by Crippen LogP contribution is -2.60. The highest BCUT2D eigenvalue weighted by atomic mass is 16.7. The number of aromatic hydroxyl groups is 1. The Balaban J connectivity index is 1.24. The van der Waals surface area contributed by atoms with E-state index in [1.165, 1.54) is 0 Å². The van der Waals surface area contributed by atoms with Crippen molar-refractivity contribution in [3.8, 4) is 17.2 Å². The average molecular weight is 593 g/mol. The zero-order valence-corrected chi connectivity index (χ0v) is 23.2. The van der Waals surface area contributed by atoms with Crippen LogP contribution in [0.4, 0.5) is 0 Å². The van der Waals surface area contributed by atoms with E-state index in [9.17, 15) is 35.7 Å². The summed E-state index contributed by atoms with van der Waals surface area (Å²) in [5.41, 5.74) is 0.182. The summed E-state index contributed by atoms with van der Waals surface area (Å²) < 4.78 is 28.7. The molecule has 0 saturated carbocycles. The molecule has 4 aliphatic heterocycles. The number of hydrogen-bond acceptors (Lipinski definition) is 12. The molecule has 0 aromatic heterocycles. The minimum Gasteiger partial charge on any atom is -0.504 e. The van der Waals surface area contributed by atoms with Gasteiger partial charge in [-0.15, -0.1) is 0 Å². The van der Waals surface area contributed by atoms with E-state index in [1.807, 2.05) is 36.4 Å². The van der Waals surface area contributed by atoms with Gasteiger partial charge in [0.05, 0.1) is 25.9 Å². The van der Waals surface area contributed by atoms with Gasteiger partial charge in [-0.2, -0.15) is 0 Å². The molecule has 0 aliphatic carbocycles. The van der Waals surface area contributed by atoms with Gasteiger partial charge in [0.15, 0.2) is 24.1 Å². The van der Waals surface area contributed by atoms with E-state index in [1.54, 1.807) is 6.07 Å². The Morgan fingerprint density at radius 3 is 2.36 bits per heavy atom. The van der Waals surface area contributed by atoms with E-state index in [0.717, 1.165) is 30.4 Å². The summed E-state index contributed by atoms with van der Waals surface area (Å²) in [5, 5.41) is 71.8. The van der Waals surface area contributed by atoms with E-state index in [4.69, 9.17) is 23.7 Å². The van der Waals surface area contributed by atoms with Gasteiger partial charge in [-0.25, -0.2) is 0 Å². The smallest absolute Gasteiger partial charge is 0.186 e. The largest absolute Gasteiger partial charge is 0.504 e. The van der Waals surface area contributed by atoms with Gasteiger partial charge in [0.1, 0.15) is 41.9 Å². The Morgan fingerprint density at radius 2 is 1.62 bits per heavy atom. The van der Waals surface area contributed by atoms with E-state index < -0.39 is 55.3 Å². The fourth-order valence-corrected chi connectivity index (χ4v) is 5.44. The third-order valence-corrected chi connectivity index (χ3v) is 8.17. The molecule has 7 N–H and O–H groups in total. The van der Waals surface area contributed by atoms with Crippen LogP contribution in [0, 0.1) is 0 Å². The molecule has 4 unspecified atom stereocenters. The summed E-state index contributed by atoms with van der Waals surface area (Å²) in [4.78, 5) is 0. The minimum absolute atomic E-state index is 0.0706. The molecule has 232 valence electrons. The maximum atomic E-state index is 10.7. The molecule has 2 aromatic rings. The monoisotopic (exact) mass is 592 g/mol. The normalized spacial score (nSPS) is 35.8. The first kappa shape index (κ1) is 31.1. The molecule has 4 aliphatic rings. The number of aliphatic hydroxyl groups excluding tert-OH is 5. The molecule has 4 bridgehead atoms. The lowest BCUT2D eigenvalue weighted by atomic mass is 9.98. The zero-order chi connectivity index (χ0) is 29.9. The first-order valence-electron chi connectivity index (χ1n) is 14.3. The highest BCUT2D eigenvalue weighted by Crippen LogP contribution is 2.33. The second kappa shape index (κ2) is 13.5. The second-order valence-electron chi connectivity index (χ2n) is 11.3. The number of fused-ring (bicyclic) bond motifs is 8. The van der Waals surface area contributed by atoms with Crippen molar-refractivity contribution in [2.24, 2.45) is 0 Å². The van der Waals surface area contributed by atoms with Crippen LogP contribution in [0.2, 0.25) is 0 Å². The van der Waals surface area contributed by atoms with Gasteiger partial charge in [-0.05, 0) is 67.5 Å². The maximum absolute atomic E-state index is 10.7. The van der Waals surface area contributed by atoms with Crippen LogP contribution in [0.25, 0.3) is 0 Å². The van der Waals surface area contributed by atoms with Crippen molar-refractivity contribution in [1.82, 2.24) is 0 Å². The van der Waals surface area contributed by atoms with Crippen LogP contribution in [0.15, 0.2) is 42.5 Å². The third-order valence-electron chi connectivity index (χ3n) is 8.17. The van der Waals surface area contributed by atoms with Crippen molar-refractivity contribution >= 4 is 0 Å². The van der Waals surface area contributed by atoms with Gasteiger partial charge in [0.25, 0.3) is 0 Å². The van der Waals surface area contributed by atoms with Crippen LogP contribution in [-0.2, 0) is 31.8 Å². The number of aryl methyl sites for hydroxylation is 2. The number of phenols is 1. The van der Waals surface area contributed by atoms with Gasteiger partial charge in [-0.1, -0.05) is 24.6 Å². The number of ether oxygens (including phenoxy) is 5. The minimum atomic E-state index is -1.87. The molecule has 0 amide bonds. The third kappa shape index (κ3) is 7.05. The Hall–Kier alpha value is -2.36. The van der Waals surface area contributed by atoms with Crippen LogP contribution in [0.5, 0.6) is 17.2 Å². The Morgan fingerprint density at radius 1 is 0.857 bits per heavy atom. The summed E-state index contributed by atoms with van der Waals surface area (Å²) in [6.07, 6.45) is -5.87. The number of aliphatic hydroxyl groups is 6. The predicted octanol–water partition coefficient (Wildman–Crippen LogP) is 0.493. The van der Waals surface area contributed by atoms with E-state index in [2.05, 4.69) is 0 Å². The summed E-state index contributed by atoms with van der Waals surface area (Å²) >= 11 is 0. The maximum Gasteiger partial charge on any atom is 0.186 e. The molecule has 12 nitrogen and oxygen atoms in total. The molecule has 6 rings (SSSR count). The average Bonchev–Trinajstić information content (AvgIpc) is 3.28. The molecular formula is C30H40O12. The van der Waals surface area contributed by atoms with Crippen molar-refractivity contribution in [1.29, 1.82) is 0 Å². The summed E-state index contributed by atoms with van der Waals surface area (Å²) in [5.74, 6) is 1.07. The Labute approximate surface area is 243 Å². The molecule has 4 heterocycles. The highest BCUT2D eigenvalue weighted by Gasteiger charge is 2.50. The second-order valence-corrected chi connectivity index (χ2v) is 11.3. The van der Waals surface area contributed by atoms with Crippen molar-refractivity contribution in [2.75, 3.05) is 19.8 Å². The van der Waals surface area contributed by atoms with Crippen molar-refractivity contribution in [3.63, 3.8) is 0 Å². The van der Waals surface area contributed by atoms with Crippen LogP contribution in [-0.4, -0.2) is 110 Å². The number of phenolic OH excluding ortho intramolecular Hbond substituents is 1. The molecule has 12 heteroatoms. The standard InChI is InChI=1S/C30H40O12/c31-15-30(37)16-39-29(27(30)36)38-14-23-24(33)25(34)26(35)28(42-23)41-19-4-2-1-3-18-8-12-21(32)22(13-18)40-20-10-6-17(5-9-19)7-11-20/h6-8,10-13,19,23-29,31-37H,1-5,9,14-16H2/t19-,23?,24+,25?,26-,27?,28+,29+,30?/m1/s1. The molecular weight excluding hydrogens is 552 g/mol. The summed E-state index contributed by atoms with van der Waals surface area (Å²) in [6.45, 7) is -1.42. The van der Waals surface area contributed by atoms with Gasteiger partial charge in [0, 0.05) is 0 Å². The van der Waals surface area contributed by atoms with Crippen LogP contribution in [0.3, 0.4) is 0 Å². The van der Waals surface area contributed by atoms with E-state index >= 15 is 0 Å². The first-order valence-corrected chi connectivity index (χ1v) is 14.3. The number of hydrogen-bond donors (Lipinski definition) is 7. The molecule has 0 spiro atoms. The van der Waals surface area contributed by atoms with Gasteiger partial charge in [0.2, 0.25) is 0 Å². The topological polar surface area (TPSA) is 188 Å². The van der Waals surface area contributed by atoms with E-state index in [-0.39, 0.29) is 25.1 Å². The van der Waals surface area contributed by atoms with Crippen LogP contribution in [0.1, 0.15) is 36.8 Å². The van der Waals surface area contributed by atoms with Gasteiger partial charge < -0.3 is 59.4 Å². The fourth-order valence-electron chi connectivity index (χ4n) is 5.44. The summed E-state index contributed by atoms with van der Waals surface area (Å²) in [6, 6.07) is 12.8. The number of rotatable bonds is 6. The highest BCUT2D eigenvalue weighted by molar-refractivity contribution is 5.45. The quantitative estimate of drug-likeness (QED) is 0.246. The van der Waals surface area contributed by atoms with Crippen LogP contribution < -0.4 is 4.74 Å². The molecule has 2 saturated heterocycles. The zero-order valence-electron chi connectivity index (χ0n) is 23.2. The van der Waals surface area contributed by atoms with Crippen LogP contribution >= 0.6 is 0 Å². The molecule has 2 fully saturated rings. The molecule has 9 atom stereocenters. The van der Waals surface area contributed by atoms with Crippen molar-refractivity contribution < 1.29 is 59.4 Å². The van der Waals surface area contributed by atoms with Crippen molar-refractivity contribution in [2.45, 2.75) is 93.3 Å². The molecule has 42 heavy (non-hydrogen) atoms. The van der Waals surface area contributed by atoms with Gasteiger partial charge in [-0.3, -0.25) is 0 Å². The summed E-state index contributed by atoms with van der Waals surface area (Å²) in [7, 11) is 0. The Bertz CT molecular complexity index is 1160. The fraction of sp³-hybridized carbons (Fsp3) is 0.600. The van der Waals surface area contributed by atoms with E-state index in [0.29, 0.717) is 30.8 Å². The van der Waals surface area contributed by atoms with Gasteiger partial charge >= 0.3 is 0 Å². The Kier molecular flexibility index (Phi) is 10.0. The lowest BCUT2D eigenvalue weighted by molar-refractivity contribution is -0.319.